The average Bonchev–Trinajstić information content (AvgIpc) is 3.07. The number of hydrogen-bond donors (Lipinski definition) is 2. The third-order valence-electron chi connectivity index (χ3n) is 7.50. The highest BCUT2D eigenvalue weighted by molar-refractivity contribution is 5.90. The molecule has 3 aromatic rings. The molecule has 3 aromatic carbocycles. The molecule has 0 radical (unpaired) electrons. The van der Waals surface area contributed by atoms with Gasteiger partial charge >= 0.3 is 24.2 Å². The first-order chi connectivity index (χ1) is 22.9. The third kappa shape index (κ3) is 12.7. The van der Waals surface area contributed by atoms with Gasteiger partial charge in [0.1, 0.15) is 11.6 Å². The molecule has 0 heterocycles. The van der Waals surface area contributed by atoms with Crippen molar-refractivity contribution >= 4 is 23.8 Å². The Labute approximate surface area is 285 Å². The van der Waals surface area contributed by atoms with Gasteiger partial charge < -0.3 is 25.3 Å². The van der Waals surface area contributed by atoms with Crippen molar-refractivity contribution in [1.29, 1.82) is 0 Å². The zero-order chi connectivity index (χ0) is 36.9. The molecule has 0 spiro atoms. The second-order valence-corrected chi connectivity index (χ2v) is 12.2. The van der Waals surface area contributed by atoms with E-state index in [1.807, 2.05) is 26.0 Å². The van der Waals surface area contributed by atoms with Crippen molar-refractivity contribution in [3.8, 4) is 0 Å². The molecule has 1 unspecified atom stereocenters. The minimum absolute atomic E-state index is 0.00948. The Hall–Kier alpha value is -4.71. The fourth-order valence-electron chi connectivity index (χ4n) is 4.73. The maximum Gasteiger partial charge on any atom is 0.416 e. The van der Waals surface area contributed by atoms with Crippen LogP contribution in [0.4, 0.5) is 18.0 Å². The van der Waals surface area contributed by atoms with E-state index in [9.17, 15) is 32.3 Å². The van der Waals surface area contributed by atoms with E-state index in [1.165, 1.54) is 26.4 Å². The van der Waals surface area contributed by atoms with Crippen molar-refractivity contribution in [3.63, 3.8) is 0 Å². The maximum absolute atomic E-state index is 13.3. The summed E-state index contributed by atoms with van der Waals surface area (Å²) >= 11 is 0. The lowest BCUT2D eigenvalue weighted by Crippen LogP contribution is -2.38. The van der Waals surface area contributed by atoms with Crippen LogP contribution in [0.3, 0.4) is 0 Å². The van der Waals surface area contributed by atoms with Gasteiger partial charge in [-0.2, -0.15) is 13.2 Å². The second kappa shape index (κ2) is 18.2. The Morgan fingerprint density at radius 2 is 1.16 bits per heavy atom. The van der Waals surface area contributed by atoms with E-state index in [4.69, 9.17) is 15.2 Å². The maximum atomic E-state index is 13.3. The Morgan fingerprint density at radius 3 is 1.55 bits per heavy atom. The number of hydrogen-bond acceptors (Lipinski definition) is 8. The largest absolute Gasteiger partial charge is 0.465 e. The predicted octanol–water partition coefficient (Wildman–Crippen LogP) is 8.09. The van der Waals surface area contributed by atoms with Crippen LogP contribution < -0.4 is 11.1 Å². The summed E-state index contributed by atoms with van der Waals surface area (Å²) in [7, 11) is 2.65. The van der Waals surface area contributed by atoms with Crippen molar-refractivity contribution in [2.45, 2.75) is 83.7 Å². The molecular formula is C37H45F3N2O7. The van der Waals surface area contributed by atoms with Gasteiger partial charge in [0.05, 0.1) is 30.9 Å². The summed E-state index contributed by atoms with van der Waals surface area (Å²) in [6.45, 7) is 8.89. The number of methoxy groups -OCH3 is 2. The van der Waals surface area contributed by atoms with Gasteiger partial charge in [-0.3, -0.25) is 4.79 Å². The Kier molecular flexibility index (Phi) is 15.0. The summed E-state index contributed by atoms with van der Waals surface area (Å²) in [5.74, 6) is -1.43. The van der Waals surface area contributed by atoms with Crippen LogP contribution in [0.25, 0.3) is 0 Å². The number of amides is 1. The van der Waals surface area contributed by atoms with Gasteiger partial charge in [0.25, 0.3) is 0 Å². The monoisotopic (exact) mass is 686 g/mol. The van der Waals surface area contributed by atoms with Crippen LogP contribution in [-0.2, 0) is 25.2 Å². The molecule has 49 heavy (non-hydrogen) atoms. The number of Topliss-reactive ketones (excluding diaryl/α,β-unsaturated/α-hetero) is 1. The molecule has 3 atom stereocenters. The van der Waals surface area contributed by atoms with Crippen molar-refractivity contribution < 1.29 is 46.6 Å². The molecule has 0 saturated carbocycles. The Bertz CT molecular complexity index is 1530. The number of nitrogens with two attached hydrogens (primary N) is 1. The van der Waals surface area contributed by atoms with Crippen LogP contribution >= 0.6 is 0 Å². The summed E-state index contributed by atoms with van der Waals surface area (Å²) in [6, 6.07) is 16.8. The van der Waals surface area contributed by atoms with E-state index in [1.54, 1.807) is 57.2 Å². The zero-order valence-electron chi connectivity index (χ0n) is 28.9. The SMILES string of the molecule is CC[C@@H](CC(=O)C(NC(=O)OC(C)(C)C)c1ccc(C(F)(F)F)cc1)c1ccc(C(=O)OC)cc1.CC[C@@H](N)c1ccc(C(=O)OC)cc1. The van der Waals surface area contributed by atoms with Crippen molar-refractivity contribution in [3.05, 3.63) is 106 Å². The van der Waals surface area contributed by atoms with Gasteiger partial charge in [-0.1, -0.05) is 50.2 Å². The summed E-state index contributed by atoms with van der Waals surface area (Å²) < 4.78 is 53.5. The van der Waals surface area contributed by atoms with E-state index in [2.05, 4.69) is 10.1 Å². The van der Waals surface area contributed by atoms with Gasteiger partial charge in [0.2, 0.25) is 0 Å². The number of alkyl carbamates (subject to hydrolysis) is 1. The van der Waals surface area contributed by atoms with Gasteiger partial charge in [-0.05, 0) is 92.6 Å². The molecule has 1 amide bonds. The van der Waals surface area contributed by atoms with Crippen molar-refractivity contribution in [2.75, 3.05) is 14.2 Å². The van der Waals surface area contributed by atoms with Gasteiger partial charge in [-0.25, -0.2) is 14.4 Å². The fraction of sp³-hybridized carbons (Fsp3) is 0.405. The van der Waals surface area contributed by atoms with Crippen LogP contribution in [0.1, 0.15) is 115 Å². The van der Waals surface area contributed by atoms with E-state index in [0.29, 0.717) is 17.5 Å². The molecule has 0 bridgehead atoms. The van der Waals surface area contributed by atoms with Crippen LogP contribution in [0.15, 0.2) is 72.8 Å². The number of alkyl halides is 3. The minimum Gasteiger partial charge on any atom is -0.465 e. The highest BCUT2D eigenvalue weighted by Gasteiger charge is 2.32. The van der Waals surface area contributed by atoms with Gasteiger partial charge in [0.15, 0.2) is 5.78 Å². The smallest absolute Gasteiger partial charge is 0.416 e. The number of rotatable bonds is 11. The lowest BCUT2D eigenvalue weighted by atomic mass is 9.87. The first kappa shape index (κ1) is 40.5. The van der Waals surface area contributed by atoms with Gasteiger partial charge in [-0.15, -0.1) is 0 Å². The molecule has 266 valence electrons. The van der Waals surface area contributed by atoms with Crippen LogP contribution in [-0.4, -0.2) is 43.6 Å². The molecule has 0 fully saturated rings. The molecule has 9 nitrogen and oxygen atoms in total. The van der Waals surface area contributed by atoms with E-state index in [-0.39, 0.29) is 35.7 Å². The summed E-state index contributed by atoms with van der Waals surface area (Å²) in [5.41, 5.74) is 7.13. The highest BCUT2D eigenvalue weighted by Crippen LogP contribution is 2.32. The van der Waals surface area contributed by atoms with E-state index in [0.717, 1.165) is 29.7 Å². The summed E-state index contributed by atoms with van der Waals surface area (Å²) in [4.78, 5) is 48.5. The Morgan fingerprint density at radius 1 is 0.714 bits per heavy atom. The molecule has 0 aromatic heterocycles. The van der Waals surface area contributed by atoms with Crippen LogP contribution in [0.2, 0.25) is 0 Å². The lowest BCUT2D eigenvalue weighted by Gasteiger charge is -2.25. The average molecular weight is 687 g/mol. The standard InChI is InChI=1S/C26H30F3NO5.C11H15NO2/c1-6-16(17-7-9-19(10-8-17)23(32)34-5)15-21(31)22(30-24(33)35-25(2,3)4)18-11-13-20(14-12-18)26(27,28)29;1-3-10(12)8-4-6-9(7-5-8)11(13)14-2/h7-14,16,22H,6,15H2,1-5H3,(H,30,33);4-7,10H,3,12H2,1-2H3/t16-,22?;10-/m01/s1. The van der Waals surface area contributed by atoms with Gasteiger partial charge in [0, 0.05) is 12.5 Å². The minimum atomic E-state index is -4.53. The number of esters is 2. The molecule has 0 aliphatic heterocycles. The van der Waals surface area contributed by atoms with E-state index < -0.39 is 35.4 Å². The first-order valence-corrected chi connectivity index (χ1v) is 15.7. The molecule has 3 N–H and O–H groups in total. The quantitative estimate of drug-likeness (QED) is 0.153. The molecule has 3 rings (SSSR count). The second-order valence-electron chi connectivity index (χ2n) is 12.2. The molecule has 12 heteroatoms. The third-order valence-corrected chi connectivity index (χ3v) is 7.50. The molecular weight excluding hydrogens is 641 g/mol. The van der Waals surface area contributed by atoms with E-state index >= 15 is 0 Å². The normalized spacial score (nSPS) is 13.1. The first-order valence-electron chi connectivity index (χ1n) is 15.7. The highest BCUT2D eigenvalue weighted by atomic mass is 19.4. The number of carbonyl (C=O) groups excluding carboxylic acids is 4. The lowest BCUT2D eigenvalue weighted by molar-refractivity contribution is -0.137. The number of ketones is 1. The van der Waals surface area contributed by atoms with Crippen molar-refractivity contribution in [1.82, 2.24) is 5.32 Å². The fourth-order valence-corrected chi connectivity index (χ4v) is 4.73. The summed E-state index contributed by atoms with van der Waals surface area (Å²) in [6.07, 6.45) is -3.91. The zero-order valence-corrected chi connectivity index (χ0v) is 28.9. The molecule has 0 aliphatic carbocycles. The predicted molar refractivity (Wildman–Crippen MR) is 179 cm³/mol. The van der Waals surface area contributed by atoms with Crippen molar-refractivity contribution in [2.24, 2.45) is 5.73 Å². The topological polar surface area (TPSA) is 134 Å². The number of halogens is 3. The molecule has 0 aliphatic rings. The Balaban J connectivity index is 0.000000495. The number of carbonyl (C=O) groups is 4. The van der Waals surface area contributed by atoms with Crippen LogP contribution in [0, 0.1) is 0 Å². The van der Waals surface area contributed by atoms with Crippen LogP contribution in [0.5, 0.6) is 0 Å². The summed E-state index contributed by atoms with van der Waals surface area (Å²) in [5, 5.41) is 2.51. The number of ether oxygens (including phenoxy) is 3. The number of nitrogens with one attached hydrogen (secondary N) is 1. The molecule has 0 saturated heterocycles. The number of benzene rings is 3.